The number of hydrogen-bond acceptors (Lipinski definition) is 1. The van der Waals surface area contributed by atoms with Crippen molar-refractivity contribution in [3.63, 3.8) is 0 Å². The number of halogens is 3. The van der Waals surface area contributed by atoms with Gasteiger partial charge in [0.15, 0.2) is 11.6 Å². The van der Waals surface area contributed by atoms with Crippen molar-refractivity contribution < 1.29 is 17.9 Å². The van der Waals surface area contributed by atoms with Crippen molar-refractivity contribution in [3.8, 4) is 5.75 Å². The molecule has 0 saturated heterocycles. The maximum absolute atomic E-state index is 15.4. The van der Waals surface area contributed by atoms with Gasteiger partial charge in [0.1, 0.15) is 5.82 Å². The van der Waals surface area contributed by atoms with Crippen LogP contribution >= 0.6 is 0 Å². The molecule has 2 aromatic rings. The first-order valence-corrected chi connectivity index (χ1v) is 12.7. The van der Waals surface area contributed by atoms with E-state index in [1.54, 1.807) is 12.1 Å². The van der Waals surface area contributed by atoms with Gasteiger partial charge in [-0.15, -0.1) is 0 Å². The number of methoxy groups -OCH3 is 1. The lowest BCUT2D eigenvalue weighted by Gasteiger charge is -2.42. The smallest absolute Gasteiger partial charge is 0.201 e. The van der Waals surface area contributed by atoms with Crippen LogP contribution in [0.2, 0.25) is 0 Å². The number of unbranched alkanes of at least 4 members (excludes halogenated alkanes) is 4. The predicted octanol–water partition coefficient (Wildman–Crippen LogP) is 8.93. The molecule has 2 aliphatic rings. The maximum atomic E-state index is 15.4. The van der Waals surface area contributed by atoms with Crippen molar-refractivity contribution in [2.45, 2.75) is 89.9 Å². The topological polar surface area (TPSA) is 9.23 Å². The number of rotatable bonds is 8. The van der Waals surface area contributed by atoms with Crippen molar-refractivity contribution >= 4 is 10.8 Å². The zero-order valence-electron chi connectivity index (χ0n) is 19.6. The van der Waals surface area contributed by atoms with Gasteiger partial charge in [0.2, 0.25) is 5.82 Å². The molecule has 4 rings (SSSR count). The molecule has 176 valence electrons. The van der Waals surface area contributed by atoms with E-state index in [0.717, 1.165) is 31.1 Å². The van der Waals surface area contributed by atoms with Crippen molar-refractivity contribution in [1.82, 2.24) is 0 Å². The van der Waals surface area contributed by atoms with E-state index in [-0.39, 0.29) is 17.1 Å². The molecule has 2 unspecified atom stereocenters. The van der Waals surface area contributed by atoms with Gasteiger partial charge >= 0.3 is 0 Å². The Balaban J connectivity index is 1.42. The molecule has 0 amide bonds. The molecule has 0 radical (unpaired) electrons. The minimum Gasteiger partial charge on any atom is -0.494 e. The number of fused-ring (bicyclic) bond motifs is 2. The van der Waals surface area contributed by atoms with Gasteiger partial charge in [-0.05, 0) is 72.8 Å². The monoisotopic (exact) mass is 446 g/mol. The summed E-state index contributed by atoms with van der Waals surface area (Å²) in [5.74, 6) is -0.704. The van der Waals surface area contributed by atoms with Crippen LogP contribution < -0.4 is 4.74 Å². The van der Waals surface area contributed by atoms with Crippen LogP contribution in [0.1, 0.15) is 95.5 Å². The van der Waals surface area contributed by atoms with E-state index < -0.39 is 17.5 Å². The Bertz CT molecular complexity index is 925. The largest absolute Gasteiger partial charge is 0.494 e. The summed E-state index contributed by atoms with van der Waals surface area (Å²) in [6.45, 7) is 2.26. The minimum absolute atomic E-state index is 0.0933. The fraction of sp³-hybridized carbons (Fsp3) is 0.643. The molecular weight excluding hydrogens is 409 g/mol. The Morgan fingerprint density at radius 3 is 2.38 bits per heavy atom. The van der Waals surface area contributed by atoms with Gasteiger partial charge in [-0.1, -0.05) is 64.0 Å². The van der Waals surface area contributed by atoms with E-state index in [0.29, 0.717) is 16.9 Å². The highest BCUT2D eigenvalue weighted by Crippen LogP contribution is 2.49. The van der Waals surface area contributed by atoms with Gasteiger partial charge in [-0.3, -0.25) is 0 Å². The summed E-state index contributed by atoms with van der Waals surface area (Å²) in [5.41, 5.74) is 0.553. The molecule has 4 heteroatoms. The second-order valence-electron chi connectivity index (χ2n) is 10.2. The van der Waals surface area contributed by atoms with Gasteiger partial charge in [0.25, 0.3) is 0 Å². The average molecular weight is 447 g/mol. The first kappa shape index (κ1) is 23.4. The molecule has 0 heterocycles. The third-order valence-corrected chi connectivity index (χ3v) is 8.22. The van der Waals surface area contributed by atoms with Gasteiger partial charge in [0, 0.05) is 0 Å². The zero-order chi connectivity index (χ0) is 22.7. The Morgan fingerprint density at radius 2 is 1.59 bits per heavy atom. The summed E-state index contributed by atoms with van der Waals surface area (Å²) in [7, 11) is 1.29. The molecule has 0 N–H and O–H groups in total. The Kier molecular flexibility index (Phi) is 7.68. The number of ether oxygens (including phenoxy) is 1. The molecule has 2 aromatic carbocycles. The lowest BCUT2D eigenvalue weighted by atomic mass is 9.63. The van der Waals surface area contributed by atoms with E-state index in [2.05, 4.69) is 6.92 Å². The molecule has 1 nitrogen and oxygen atoms in total. The molecular formula is C28H37F3O. The third-order valence-electron chi connectivity index (χ3n) is 8.22. The fourth-order valence-electron chi connectivity index (χ4n) is 6.40. The summed E-state index contributed by atoms with van der Waals surface area (Å²) in [6, 6.07) is 4.86. The molecule has 4 atom stereocenters. The molecule has 0 aromatic heterocycles. The first-order valence-electron chi connectivity index (χ1n) is 12.7. The van der Waals surface area contributed by atoms with E-state index in [4.69, 9.17) is 4.74 Å². The van der Waals surface area contributed by atoms with Crippen LogP contribution in [-0.4, -0.2) is 7.11 Å². The van der Waals surface area contributed by atoms with Crippen molar-refractivity contribution in [2.75, 3.05) is 7.11 Å². The minimum atomic E-state index is -1.15. The summed E-state index contributed by atoms with van der Waals surface area (Å²) in [4.78, 5) is 0. The second kappa shape index (κ2) is 10.5. The first-order chi connectivity index (χ1) is 15.5. The molecule has 2 fully saturated rings. The molecule has 2 aliphatic carbocycles. The molecule has 32 heavy (non-hydrogen) atoms. The zero-order valence-corrected chi connectivity index (χ0v) is 19.6. The van der Waals surface area contributed by atoms with Crippen LogP contribution in [0, 0.1) is 35.2 Å². The summed E-state index contributed by atoms with van der Waals surface area (Å²) < 4.78 is 49.2. The average Bonchev–Trinajstić information content (AvgIpc) is 2.81. The lowest BCUT2D eigenvalue weighted by molar-refractivity contribution is 0.112. The Labute approximate surface area is 190 Å². The van der Waals surface area contributed by atoms with Crippen molar-refractivity contribution in [3.05, 3.63) is 41.2 Å². The van der Waals surface area contributed by atoms with Crippen LogP contribution in [0.25, 0.3) is 10.8 Å². The summed E-state index contributed by atoms with van der Waals surface area (Å²) in [5, 5.41) is 0.102. The number of hydrogen-bond donors (Lipinski definition) is 0. The van der Waals surface area contributed by atoms with E-state index in [9.17, 15) is 8.78 Å². The summed E-state index contributed by atoms with van der Waals surface area (Å²) >= 11 is 0. The fourth-order valence-corrected chi connectivity index (χ4v) is 6.40. The van der Waals surface area contributed by atoms with Crippen LogP contribution in [0.15, 0.2) is 18.2 Å². The highest BCUT2D eigenvalue weighted by Gasteiger charge is 2.37. The predicted molar refractivity (Wildman–Crippen MR) is 125 cm³/mol. The van der Waals surface area contributed by atoms with Crippen molar-refractivity contribution in [1.29, 1.82) is 0 Å². The standard InChI is InChI=1S/C28H37F3O/c1-3-4-5-6-7-8-18-9-10-20-16-21(12-11-19(20)15-18)23-14-13-22-17-24(32-2)27(30)28(31)25(22)26(23)29/h13-14,17-21H,3-12,15-16H2,1-2H3/t18?,19-,20?,21-/m1/s1. The van der Waals surface area contributed by atoms with Crippen LogP contribution in [0.3, 0.4) is 0 Å². The van der Waals surface area contributed by atoms with Crippen LogP contribution in [0.4, 0.5) is 13.2 Å². The Hall–Kier alpha value is -1.71. The molecule has 0 spiro atoms. The van der Waals surface area contributed by atoms with Crippen LogP contribution in [0.5, 0.6) is 5.75 Å². The van der Waals surface area contributed by atoms with Crippen molar-refractivity contribution in [2.24, 2.45) is 17.8 Å². The quantitative estimate of drug-likeness (QED) is 0.368. The second-order valence-corrected chi connectivity index (χ2v) is 10.2. The van der Waals surface area contributed by atoms with Gasteiger partial charge in [-0.25, -0.2) is 8.78 Å². The molecule has 0 aliphatic heterocycles. The molecule has 2 saturated carbocycles. The third kappa shape index (κ3) is 4.79. The van der Waals surface area contributed by atoms with Gasteiger partial charge < -0.3 is 4.74 Å². The van der Waals surface area contributed by atoms with Gasteiger partial charge in [-0.2, -0.15) is 4.39 Å². The SMILES string of the molecule is CCCCCCCC1CCC2C[C@H](c3ccc4cc(OC)c(F)c(F)c4c3F)CC[C@@H]2C1. The normalized spacial score (nSPS) is 25.7. The number of benzene rings is 2. The van der Waals surface area contributed by atoms with Gasteiger partial charge in [0.05, 0.1) is 12.5 Å². The maximum Gasteiger partial charge on any atom is 0.201 e. The highest BCUT2D eigenvalue weighted by atomic mass is 19.2. The lowest BCUT2D eigenvalue weighted by Crippen LogP contribution is -2.30. The van der Waals surface area contributed by atoms with E-state index in [1.165, 1.54) is 71.0 Å². The Morgan fingerprint density at radius 1 is 0.844 bits per heavy atom. The summed E-state index contributed by atoms with van der Waals surface area (Å²) in [6.07, 6.45) is 15.0. The highest BCUT2D eigenvalue weighted by molar-refractivity contribution is 5.86. The van der Waals surface area contributed by atoms with E-state index >= 15 is 4.39 Å². The molecule has 0 bridgehead atoms. The van der Waals surface area contributed by atoms with E-state index in [1.807, 2.05) is 0 Å². The van der Waals surface area contributed by atoms with Crippen LogP contribution in [-0.2, 0) is 0 Å².